The van der Waals surface area contributed by atoms with Gasteiger partial charge >= 0.3 is 0 Å². The lowest BCUT2D eigenvalue weighted by Crippen LogP contribution is -2.48. The summed E-state index contributed by atoms with van der Waals surface area (Å²) in [6, 6.07) is 0. The van der Waals surface area contributed by atoms with E-state index in [2.05, 4.69) is 10.4 Å². The van der Waals surface area contributed by atoms with Crippen molar-refractivity contribution in [3.8, 4) is 0 Å². The summed E-state index contributed by atoms with van der Waals surface area (Å²) in [7, 11) is 1.79. The largest absolute Gasteiger partial charge is 0.393 e. The number of aryl methyl sites for hydroxylation is 1. The van der Waals surface area contributed by atoms with Gasteiger partial charge in [0.25, 0.3) is 0 Å². The number of hydrogen-bond donors (Lipinski definition) is 3. The standard InChI is InChI=1S/C12H20N4O3/c1-15-7-10(6-13-15)14-11(18)8-16-4-2-12(19,9-17)3-5-16/h6-7,17,19H,2-5,8-9H2,1H3,(H,14,18). The molecular formula is C12H20N4O3. The van der Waals surface area contributed by atoms with Gasteiger partial charge in [-0.3, -0.25) is 14.4 Å². The van der Waals surface area contributed by atoms with Crippen molar-refractivity contribution >= 4 is 11.6 Å². The first kappa shape index (κ1) is 14.0. The van der Waals surface area contributed by atoms with E-state index in [-0.39, 0.29) is 19.1 Å². The van der Waals surface area contributed by atoms with Gasteiger partial charge < -0.3 is 15.5 Å². The fraction of sp³-hybridized carbons (Fsp3) is 0.667. The molecule has 1 aromatic rings. The lowest BCUT2D eigenvalue weighted by molar-refractivity contribution is -0.119. The third-order valence-electron chi connectivity index (χ3n) is 3.44. The molecule has 0 atom stereocenters. The Morgan fingerprint density at radius 3 is 2.74 bits per heavy atom. The minimum Gasteiger partial charge on any atom is -0.393 e. The van der Waals surface area contributed by atoms with Gasteiger partial charge in [-0.1, -0.05) is 0 Å². The molecule has 1 aliphatic rings. The highest BCUT2D eigenvalue weighted by Crippen LogP contribution is 2.21. The fourth-order valence-electron chi connectivity index (χ4n) is 2.17. The van der Waals surface area contributed by atoms with Gasteiger partial charge in [0, 0.05) is 26.3 Å². The van der Waals surface area contributed by atoms with Crippen LogP contribution in [0.5, 0.6) is 0 Å². The smallest absolute Gasteiger partial charge is 0.238 e. The van der Waals surface area contributed by atoms with Crippen molar-refractivity contribution in [3.63, 3.8) is 0 Å². The van der Waals surface area contributed by atoms with Crippen LogP contribution >= 0.6 is 0 Å². The molecule has 0 unspecified atom stereocenters. The number of hydrogen-bond acceptors (Lipinski definition) is 5. The number of nitrogens with zero attached hydrogens (tertiary/aromatic N) is 3. The molecule has 3 N–H and O–H groups in total. The molecule has 1 aromatic heterocycles. The van der Waals surface area contributed by atoms with Crippen molar-refractivity contribution in [3.05, 3.63) is 12.4 Å². The highest BCUT2D eigenvalue weighted by molar-refractivity contribution is 5.91. The van der Waals surface area contributed by atoms with Gasteiger partial charge in [0.05, 0.1) is 30.6 Å². The summed E-state index contributed by atoms with van der Waals surface area (Å²) < 4.78 is 1.62. The molecule has 0 aromatic carbocycles. The van der Waals surface area contributed by atoms with E-state index in [0.717, 1.165) is 0 Å². The monoisotopic (exact) mass is 268 g/mol. The second kappa shape index (κ2) is 5.68. The third-order valence-corrected chi connectivity index (χ3v) is 3.44. The summed E-state index contributed by atoms with van der Waals surface area (Å²) in [5.74, 6) is -0.0950. The maximum atomic E-state index is 11.8. The quantitative estimate of drug-likeness (QED) is 0.663. The van der Waals surface area contributed by atoms with E-state index < -0.39 is 5.60 Å². The Hall–Kier alpha value is -1.44. The Bertz CT molecular complexity index is 438. The zero-order valence-corrected chi connectivity index (χ0v) is 11.0. The van der Waals surface area contributed by atoms with Crippen LogP contribution in [0, 0.1) is 0 Å². The first-order valence-corrected chi connectivity index (χ1v) is 6.35. The normalized spacial score (nSPS) is 19.3. The van der Waals surface area contributed by atoms with Crippen molar-refractivity contribution in [1.82, 2.24) is 14.7 Å². The van der Waals surface area contributed by atoms with E-state index in [1.54, 1.807) is 24.1 Å². The molecule has 7 nitrogen and oxygen atoms in total. The summed E-state index contributed by atoms with van der Waals surface area (Å²) in [4.78, 5) is 13.8. The molecule has 2 heterocycles. The maximum absolute atomic E-state index is 11.8. The number of aliphatic hydroxyl groups excluding tert-OH is 1. The molecule has 0 saturated carbocycles. The van der Waals surface area contributed by atoms with Crippen LogP contribution in [0.4, 0.5) is 5.69 Å². The highest BCUT2D eigenvalue weighted by atomic mass is 16.3. The van der Waals surface area contributed by atoms with E-state index in [0.29, 0.717) is 31.6 Å². The molecule has 0 radical (unpaired) electrons. The Morgan fingerprint density at radius 1 is 1.53 bits per heavy atom. The van der Waals surface area contributed by atoms with Crippen molar-refractivity contribution in [2.24, 2.45) is 7.05 Å². The van der Waals surface area contributed by atoms with E-state index in [1.165, 1.54) is 0 Å². The molecule has 0 spiro atoms. The molecule has 1 fully saturated rings. The van der Waals surface area contributed by atoms with Crippen molar-refractivity contribution < 1.29 is 15.0 Å². The van der Waals surface area contributed by atoms with Gasteiger partial charge in [-0.05, 0) is 12.8 Å². The first-order chi connectivity index (χ1) is 9.00. The van der Waals surface area contributed by atoms with E-state index in [1.807, 2.05) is 4.90 Å². The topological polar surface area (TPSA) is 90.6 Å². The number of nitrogens with one attached hydrogen (secondary N) is 1. The van der Waals surface area contributed by atoms with Crippen molar-refractivity contribution in [1.29, 1.82) is 0 Å². The highest BCUT2D eigenvalue weighted by Gasteiger charge is 2.31. The van der Waals surface area contributed by atoms with Crippen molar-refractivity contribution in [2.45, 2.75) is 18.4 Å². The average Bonchev–Trinajstić information content (AvgIpc) is 2.78. The molecule has 0 bridgehead atoms. The van der Waals surface area contributed by atoms with Crippen molar-refractivity contribution in [2.75, 3.05) is 31.6 Å². The average molecular weight is 268 g/mol. The third kappa shape index (κ3) is 3.76. The fourth-order valence-corrected chi connectivity index (χ4v) is 2.17. The number of aromatic nitrogens is 2. The Labute approximate surface area is 111 Å². The van der Waals surface area contributed by atoms with Crippen LogP contribution in [0.25, 0.3) is 0 Å². The molecule has 0 aliphatic carbocycles. The molecule has 106 valence electrons. The SMILES string of the molecule is Cn1cc(NC(=O)CN2CCC(O)(CO)CC2)cn1. The van der Waals surface area contributed by atoms with Gasteiger partial charge in [0.2, 0.25) is 5.91 Å². The van der Waals surface area contributed by atoms with Crippen LogP contribution in [0.2, 0.25) is 0 Å². The Morgan fingerprint density at radius 2 is 2.21 bits per heavy atom. The number of rotatable bonds is 4. The van der Waals surface area contributed by atoms with Crippen LogP contribution < -0.4 is 5.32 Å². The molecule has 2 rings (SSSR count). The van der Waals surface area contributed by atoms with Gasteiger partial charge in [0.1, 0.15) is 0 Å². The second-order valence-corrected chi connectivity index (χ2v) is 5.11. The van der Waals surface area contributed by atoms with Crippen LogP contribution in [-0.2, 0) is 11.8 Å². The summed E-state index contributed by atoms with van der Waals surface area (Å²) >= 11 is 0. The summed E-state index contributed by atoms with van der Waals surface area (Å²) in [5, 5.41) is 25.7. The predicted octanol–water partition coefficient (Wildman–Crippen LogP) is -0.822. The predicted molar refractivity (Wildman–Crippen MR) is 69.5 cm³/mol. The lowest BCUT2D eigenvalue weighted by Gasteiger charge is -2.36. The van der Waals surface area contributed by atoms with Crippen LogP contribution in [0.1, 0.15) is 12.8 Å². The zero-order valence-electron chi connectivity index (χ0n) is 11.0. The lowest BCUT2D eigenvalue weighted by atomic mass is 9.92. The zero-order chi connectivity index (χ0) is 13.9. The van der Waals surface area contributed by atoms with Crippen LogP contribution in [-0.4, -0.2) is 62.6 Å². The van der Waals surface area contributed by atoms with Gasteiger partial charge in [-0.2, -0.15) is 5.10 Å². The van der Waals surface area contributed by atoms with Gasteiger partial charge in [-0.25, -0.2) is 0 Å². The summed E-state index contributed by atoms with van der Waals surface area (Å²) in [6.07, 6.45) is 4.31. The number of piperidine rings is 1. The molecular weight excluding hydrogens is 248 g/mol. The molecule has 7 heteroatoms. The molecule has 1 aliphatic heterocycles. The Kier molecular flexibility index (Phi) is 4.18. The first-order valence-electron chi connectivity index (χ1n) is 6.35. The molecule has 19 heavy (non-hydrogen) atoms. The van der Waals surface area contributed by atoms with Crippen LogP contribution in [0.3, 0.4) is 0 Å². The van der Waals surface area contributed by atoms with E-state index in [9.17, 15) is 9.90 Å². The van der Waals surface area contributed by atoms with Gasteiger partial charge in [-0.15, -0.1) is 0 Å². The van der Waals surface area contributed by atoms with E-state index in [4.69, 9.17) is 5.11 Å². The number of aliphatic hydroxyl groups is 2. The molecule has 1 amide bonds. The Balaban J connectivity index is 1.78. The molecule has 1 saturated heterocycles. The minimum absolute atomic E-state index is 0.0950. The number of likely N-dealkylation sites (tertiary alicyclic amines) is 1. The number of amides is 1. The summed E-state index contributed by atoms with van der Waals surface area (Å²) in [5.41, 5.74) is -0.299. The van der Waals surface area contributed by atoms with E-state index >= 15 is 0 Å². The second-order valence-electron chi connectivity index (χ2n) is 5.11. The van der Waals surface area contributed by atoms with Gasteiger partial charge in [0.15, 0.2) is 0 Å². The number of anilines is 1. The number of carbonyl (C=O) groups is 1. The number of carbonyl (C=O) groups excluding carboxylic acids is 1. The van der Waals surface area contributed by atoms with Crippen LogP contribution in [0.15, 0.2) is 12.4 Å². The summed E-state index contributed by atoms with van der Waals surface area (Å²) in [6.45, 7) is 1.29. The minimum atomic E-state index is -0.976. The maximum Gasteiger partial charge on any atom is 0.238 e.